The molecule has 5 N–H and O–H groups in total. The summed E-state index contributed by atoms with van der Waals surface area (Å²) in [6.07, 6.45) is 2.85. The molecule has 6 aromatic rings. The number of aliphatic hydroxyl groups excluding tert-OH is 3. The van der Waals surface area contributed by atoms with Crippen molar-refractivity contribution in [3.05, 3.63) is 155 Å². The van der Waals surface area contributed by atoms with Crippen LogP contribution < -0.4 is 4.58 Å². The number of para-hydroxylation sites is 4. The smallest absolute Gasteiger partial charge is 0.219 e. The van der Waals surface area contributed by atoms with Crippen molar-refractivity contribution in [3.63, 3.8) is 0 Å². The van der Waals surface area contributed by atoms with E-state index in [0.29, 0.717) is 11.4 Å². The molecule has 8 heteroatoms. The number of Topliss-reactive ketones (excluding diaryl/α,β-unsaturated/α-hetero) is 1. The quantitative estimate of drug-likeness (QED) is 0.0970. The van der Waals surface area contributed by atoms with Gasteiger partial charge >= 0.3 is 0 Å². The van der Waals surface area contributed by atoms with Gasteiger partial charge in [-0.15, -0.1) is 0 Å². The number of hydrogen-bond donors (Lipinski definition) is 5. The van der Waals surface area contributed by atoms with E-state index in [1.165, 1.54) is 24.3 Å². The topological polar surface area (TPSA) is 126 Å². The standard InChI is InChI=1S/C40H24N2O6/c43-31-17-21(41-27-13-5-1-9-23(27)24-10-2-6-14-28(24)41)18-32(44)35(31)37-39(47)38(40(37)48)36-33(45)19-22(20-34(36)46)42-29-15-7-3-11-25(29)26-12-4-8-16-30(26)42/h1-20H,(H4,43,44,45,46,47,48)/p+1. The molecule has 0 amide bonds. The Morgan fingerprint density at radius 3 is 1.54 bits per heavy atom. The Hall–Kier alpha value is -6.80. The van der Waals surface area contributed by atoms with Crippen LogP contribution in [0.5, 0.6) is 11.5 Å². The van der Waals surface area contributed by atoms with Gasteiger partial charge in [0.25, 0.3) is 0 Å². The van der Waals surface area contributed by atoms with Gasteiger partial charge in [-0.05, 0) is 24.3 Å². The van der Waals surface area contributed by atoms with E-state index in [0.717, 1.165) is 44.3 Å². The number of benzene rings is 5. The van der Waals surface area contributed by atoms with E-state index in [1.54, 1.807) is 0 Å². The molecule has 0 radical (unpaired) electrons. The zero-order valence-corrected chi connectivity index (χ0v) is 25.1. The average Bonchev–Trinajstić information content (AvgIpc) is 3.61. The maximum atomic E-state index is 13.6. The zero-order valence-electron chi connectivity index (χ0n) is 25.1. The largest absolute Gasteiger partial charge is 0.507 e. The van der Waals surface area contributed by atoms with E-state index in [-0.39, 0.29) is 22.3 Å². The van der Waals surface area contributed by atoms with Crippen LogP contribution >= 0.6 is 0 Å². The molecule has 48 heavy (non-hydrogen) atoms. The molecule has 0 bridgehead atoms. The van der Waals surface area contributed by atoms with Gasteiger partial charge in [-0.2, -0.15) is 4.58 Å². The van der Waals surface area contributed by atoms with Crippen molar-refractivity contribution in [2.75, 3.05) is 0 Å². The molecule has 1 aliphatic heterocycles. The summed E-state index contributed by atoms with van der Waals surface area (Å²) in [7, 11) is 0. The average molecular weight is 630 g/mol. The Kier molecular flexibility index (Phi) is 5.64. The third-order valence-electron chi connectivity index (χ3n) is 9.27. The van der Waals surface area contributed by atoms with E-state index >= 15 is 0 Å². The van der Waals surface area contributed by atoms with E-state index in [4.69, 9.17) is 0 Å². The molecule has 0 fully saturated rings. The number of carbonyl (C=O) groups excluding carboxylic acids is 1. The number of aromatic hydroxyl groups is 2. The first kappa shape index (κ1) is 27.5. The first-order chi connectivity index (χ1) is 23.3. The highest BCUT2D eigenvalue weighted by Crippen LogP contribution is 2.49. The van der Waals surface area contributed by atoms with Gasteiger partial charge in [0, 0.05) is 35.0 Å². The van der Waals surface area contributed by atoms with Crippen molar-refractivity contribution in [2.45, 2.75) is 0 Å². The summed E-state index contributed by atoms with van der Waals surface area (Å²) in [5.74, 6) is -3.00. The molecule has 230 valence electrons. The molecule has 0 atom stereocenters. The molecule has 8 nitrogen and oxygen atoms in total. The number of phenolic OH excluding ortho intramolecular Hbond substituents is 2. The van der Waals surface area contributed by atoms with Gasteiger partial charge in [0.15, 0.2) is 0 Å². The van der Waals surface area contributed by atoms with Crippen LogP contribution in [0, 0.1) is 0 Å². The lowest BCUT2D eigenvalue weighted by Crippen LogP contribution is -2.26. The van der Waals surface area contributed by atoms with E-state index in [1.807, 2.05) is 106 Å². The summed E-state index contributed by atoms with van der Waals surface area (Å²) in [6.45, 7) is 0. The normalized spacial score (nSPS) is 15.5. The van der Waals surface area contributed by atoms with Crippen molar-refractivity contribution in [2.24, 2.45) is 0 Å². The molecule has 9 rings (SSSR count). The van der Waals surface area contributed by atoms with Gasteiger partial charge in [-0.25, -0.2) is 0 Å². The highest BCUT2D eigenvalue weighted by molar-refractivity contribution is 6.40. The minimum absolute atomic E-state index is 0.244. The number of allylic oxidation sites excluding steroid dienone is 4. The molecule has 3 aliphatic rings. The molecule has 0 saturated heterocycles. The lowest BCUT2D eigenvalue weighted by molar-refractivity contribution is -0.111. The number of carbonyl (C=O) groups is 1. The van der Waals surface area contributed by atoms with E-state index < -0.39 is 34.6 Å². The second-order valence-corrected chi connectivity index (χ2v) is 11.9. The SMILES string of the molecule is O=C1C(=C2C(O)=CC(=[N+]3c4ccccc4-c4ccccc43)C=C2O)C(O)=C1c1c(O)cc(-n2c3ccccc3c3ccccc32)cc1O. The summed E-state index contributed by atoms with van der Waals surface area (Å²) in [4.78, 5) is 13.6. The number of fused-ring (bicyclic) bond motifs is 6. The number of ketones is 1. The van der Waals surface area contributed by atoms with Crippen molar-refractivity contribution >= 4 is 50.2 Å². The molecule has 1 aromatic heterocycles. The predicted molar refractivity (Wildman–Crippen MR) is 185 cm³/mol. The minimum atomic E-state index is -0.752. The van der Waals surface area contributed by atoms with Crippen LogP contribution in [0.4, 0.5) is 11.4 Å². The van der Waals surface area contributed by atoms with Gasteiger partial charge in [0.1, 0.15) is 28.8 Å². The van der Waals surface area contributed by atoms with Crippen molar-refractivity contribution in [1.82, 2.24) is 9.14 Å². The summed E-state index contributed by atoms with van der Waals surface area (Å²) in [5.41, 5.74) is 5.21. The molecule has 0 saturated carbocycles. The lowest BCUT2D eigenvalue weighted by atomic mass is 9.78. The van der Waals surface area contributed by atoms with Gasteiger partial charge < -0.3 is 30.1 Å². The van der Waals surface area contributed by atoms with Gasteiger partial charge in [0.2, 0.25) is 22.9 Å². The van der Waals surface area contributed by atoms with Crippen LogP contribution in [-0.2, 0) is 4.79 Å². The second kappa shape index (κ2) is 9.85. The summed E-state index contributed by atoms with van der Waals surface area (Å²) in [6, 6.07) is 34.0. The van der Waals surface area contributed by atoms with Crippen molar-refractivity contribution in [1.29, 1.82) is 0 Å². The van der Waals surface area contributed by atoms with Crippen molar-refractivity contribution in [3.8, 4) is 28.3 Å². The molecule has 0 unspecified atom stereocenters. The first-order valence-electron chi connectivity index (χ1n) is 15.3. The summed E-state index contributed by atoms with van der Waals surface area (Å²) >= 11 is 0. The number of aromatic nitrogens is 1. The highest BCUT2D eigenvalue weighted by atomic mass is 16.3. The Labute approximate surface area is 272 Å². The Morgan fingerprint density at radius 1 is 0.542 bits per heavy atom. The molecule has 2 aliphatic carbocycles. The maximum absolute atomic E-state index is 13.6. The number of aliphatic hydroxyl groups is 3. The van der Waals surface area contributed by atoms with Crippen LogP contribution in [-0.4, -0.2) is 41.6 Å². The van der Waals surface area contributed by atoms with Gasteiger partial charge in [0.05, 0.1) is 62.3 Å². The Balaban J connectivity index is 1.15. The van der Waals surface area contributed by atoms with E-state index in [9.17, 15) is 30.3 Å². The molecular weight excluding hydrogens is 604 g/mol. The van der Waals surface area contributed by atoms with Crippen LogP contribution in [0.15, 0.2) is 150 Å². The Morgan fingerprint density at radius 2 is 1.02 bits per heavy atom. The van der Waals surface area contributed by atoms with Crippen molar-refractivity contribution < 1.29 is 30.3 Å². The fraction of sp³-hybridized carbons (Fsp3) is 0. The van der Waals surface area contributed by atoms with Gasteiger partial charge in [-0.1, -0.05) is 60.7 Å². The third kappa shape index (κ3) is 3.65. The van der Waals surface area contributed by atoms with Crippen LogP contribution in [0.2, 0.25) is 0 Å². The Bertz CT molecular complexity index is 2480. The number of phenols is 2. The fourth-order valence-electron chi connectivity index (χ4n) is 7.23. The number of nitrogens with zero attached hydrogens (tertiary/aromatic N) is 2. The minimum Gasteiger partial charge on any atom is -0.507 e. The molecule has 5 aromatic carbocycles. The van der Waals surface area contributed by atoms with Crippen LogP contribution in [0.25, 0.3) is 44.2 Å². The second-order valence-electron chi connectivity index (χ2n) is 11.9. The zero-order chi connectivity index (χ0) is 32.8. The monoisotopic (exact) mass is 629 g/mol. The predicted octanol–water partition coefficient (Wildman–Crippen LogP) is 8.20. The summed E-state index contributed by atoms with van der Waals surface area (Å²) < 4.78 is 3.80. The summed E-state index contributed by atoms with van der Waals surface area (Å²) in [5, 5.41) is 57.9. The number of rotatable bonds is 2. The molecule has 0 spiro atoms. The van der Waals surface area contributed by atoms with Crippen LogP contribution in [0.1, 0.15) is 5.56 Å². The first-order valence-corrected chi connectivity index (χ1v) is 15.3. The molecular formula is C40H25N2O6+. The van der Waals surface area contributed by atoms with Gasteiger partial charge in [-0.3, -0.25) is 4.79 Å². The lowest BCUT2D eigenvalue weighted by Gasteiger charge is -2.26. The number of hydrogen-bond acceptors (Lipinski definition) is 6. The third-order valence-corrected chi connectivity index (χ3v) is 9.27. The van der Waals surface area contributed by atoms with Crippen LogP contribution in [0.3, 0.4) is 0 Å². The van der Waals surface area contributed by atoms with E-state index in [2.05, 4.69) is 0 Å². The molecule has 2 heterocycles. The highest BCUT2D eigenvalue weighted by Gasteiger charge is 2.43. The fourth-order valence-corrected chi connectivity index (χ4v) is 7.23. The maximum Gasteiger partial charge on any atom is 0.219 e.